The van der Waals surface area contributed by atoms with Crippen LogP contribution in [0.5, 0.6) is 0 Å². The maximum absolute atomic E-state index is 10.4. The summed E-state index contributed by atoms with van der Waals surface area (Å²) < 4.78 is 0. The zero-order valence-corrected chi connectivity index (χ0v) is 11.7. The normalized spacial score (nSPS) is 19.4. The standard InChI is InChI=1S/C18H21NO/c20-18-14-19(12-10-15-6-2-1-3-7-15)13-11-16-8-4-5-9-17(16)18/h1-9,18,20H,10-14H2. The minimum absolute atomic E-state index is 0.357. The Balaban J connectivity index is 1.63. The van der Waals surface area contributed by atoms with Gasteiger partial charge in [-0.3, -0.25) is 4.90 Å². The number of hydrogen-bond donors (Lipinski definition) is 1. The van der Waals surface area contributed by atoms with E-state index in [4.69, 9.17) is 0 Å². The molecule has 1 aliphatic heterocycles. The molecule has 2 aromatic rings. The van der Waals surface area contributed by atoms with Crippen LogP contribution in [-0.2, 0) is 12.8 Å². The SMILES string of the molecule is OC1CN(CCc2ccccc2)CCc2ccccc21. The van der Waals surface area contributed by atoms with Crippen molar-refractivity contribution in [3.05, 3.63) is 71.3 Å². The smallest absolute Gasteiger partial charge is 0.0919 e. The Morgan fingerprint density at radius 1 is 1.00 bits per heavy atom. The molecule has 3 rings (SSSR count). The third-order valence-electron chi connectivity index (χ3n) is 4.10. The van der Waals surface area contributed by atoms with Gasteiger partial charge in [-0.1, -0.05) is 54.6 Å². The summed E-state index contributed by atoms with van der Waals surface area (Å²) in [6, 6.07) is 18.8. The van der Waals surface area contributed by atoms with Gasteiger partial charge < -0.3 is 5.11 Å². The first kappa shape index (κ1) is 13.3. The number of nitrogens with zero attached hydrogens (tertiary/aromatic N) is 1. The lowest BCUT2D eigenvalue weighted by atomic mass is 10.0. The fraction of sp³-hybridized carbons (Fsp3) is 0.333. The van der Waals surface area contributed by atoms with Crippen molar-refractivity contribution in [3.8, 4) is 0 Å². The molecule has 0 bridgehead atoms. The van der Waals surface area contributed by atoms with Gasteiger partial charge in [0.2, 0.25) is 0 Å². The van der Waals surface area contributed by atoms with Crippen LogP contribution in [0.25, 0.3) is 0 Å². The van der Waals surface area contributed by atoms with Gasteiger partial charge in [-0.2, -0.15) is 0 Å². The molecule has 0 fully saturated rings. The highest BCUT2D eigenvalue weighted by molar-refractivity contribution is 5.30. The van der Waals surface area contributed by atoms with E-state index in [1.165, 1.54) is 11.1 Å². The van der Waals surface area contributed by atoms with Gasteiger partial charge in [-0.05, 0) is 29.5 Å². The number of rotatable bonds is 3. The van der Waals surface area contributed by atoms with Crippen LogP contribution in [0.1, 0.15) is 22.8 Å². The molecule has 2 aromatic carbocycles. The van der Waals surface area contributed by atoms with Crippen LogP contribution in [0.2, 0.25) is 0 Å². The molecule has 1 aliphatic rings. The average Bonchev–Trinajstić information content (AvgIpc) is 2.66. The Labute approximate surface area is 120 Å². The molecule has 0 aliphatic carbocycles. The van der Waals surface area contributed by atoms with Crippen molar-refractivity contribution in [1.29, 1.82) is 0 Å². The third kappa shape index (κ3) is 3.09. The zero-order valence-electron chi connectivity index (χ0n) is 11.7. The van der Waals surface area contributed by atoms with E-state index in [0.717, 1.165) is 38.0 Å². The molecule has 2 nitrogen and oxygen atoms in total. The van der Waals surface area contributed by atoms with Crippen molar-refractivity contribution < 1.29 is 5.11 Å². The van der Waals surface area contributed by atoms with Crippen molar-refractivity contribution >= 4 is 0 Å². The number of aliphatic hydroxyl groups is 1. The van der Waals surface area contributed by atoms with Crippen molar-refractivity contribution in [3.63, 3.8) is 0 Å². The second kappa shape index (κ2) is 6.21. The van der Waals surface area contributed by atoms with E-state index >= 15 is 0 Å². The Morgan fingerprint density at radius 3 is 2.60 bits per heavy atom. The van der Waals surface area contributed by atoms with Crippen LogP contribution < -0.4 is 0 Å². The molecule has 1 heterocycles. The van der Waals surface area contributed by atoms with E-state index in [1.54, 1.807) is 0 Å². The summed E-state index contributed by atoms with van der Waals surface area (Å²) in [5, 5.41) is 10.4. The Kier molecular flexibility index (Phi) is 4.14. The highest BCUT2D eigenvalue weighted by Gasteiger charge is 2.20. The van der Waals surface area contributed by atoms with E-state index in [1.807, 2.05) is 6.07 Å². The Bertz CT molecular complexity index is 552. The molecule has 104 valence electrons. The van der Waals surface area contributed by atoms with Crippen molar-refractivity contribution in [2.24, 2.45) is 0 Å². The van der Waals surface area contributed by atoms with Crippen molar-refractivity contribution in [2.75, 3.05) is 19.6 Å². The number of benzene rings is 2. The summed E-state index contributed by atoms with van der Waals surface area (Å²) in [5.41, 5.74) is 3.76. The van der Waals surface area contributed by atoms with Gasteiger partial charge in [0, 0.05) is 19.6 Å². The van der Waals surface area contributed by atoms with Gasteiger partial charge in [-0.15, -0.1) is 0 Å². The van der Waals surface area contributed by atoms with E-state index in [0.29, 0.717) is 0 Å². The second-order valence-electron chi connectivity index (χ2n) is 5.50. The highest BCUT2D eigenvalue weighted by atomic mass is 16.3. The van der Waals surface area contributed by atoms with Crippen molar-refractivity contribution in [2.45, 2.75) is 18.9 Å². The van der Waals surface area contributed by atoms with Gasteiger partial charge in [0.15, 0.2) is 0 Å². The lowest BCUT2D eigenvalue weighted by Gasteiger charge is -2.22. The van der Waals surface area contributed by atoms with Gasteiger partial charge in [-0.25, -0.2) is 0 Å². The number of fused-ring (bicyclic) bond motifs is 1. The fourth-order valence-corrected chi connectivity index (χ4v) is 2.93. The minimum atomic E-state index is -0.357. The lowest BCUT2D eigenvalue weighted by Crippen LogP contribution is -2.30. The van der Waals surface area contributed by atoms with E-state index < -0.39 is 0 Å². The molecule has 0 saturated heterocycles. The van der Waals surface area contributed by atoms with Crippen LogP contribution in [0.3, 0.4) is 0 Å². The number of β-amino-alcohol motifs (C(OH)–C–C–N with tert-alkyl or cyclic N) is 1. The predicted molar refractivity (Wildman–Crippen MR) is 81.7 cm³/mol. The third-order valence-corrected chi connectivity index (χ3v) is 4.10. The molecule has 0 spiro atoms. The molecular weight excluding hydrogens is 246 g/mol. The Hall–Kier alpha value is -1.64. The maximum Gasteiger partial charge on any atom is 0.0919 e. The van der Waals surface area contributed by atoms with Gasteiger partial charge >= 0.3 is 0 Å². The fourth-order valence-electron chi connectivity index (χ4n) is 2.93. The van der Waals surface area contributed by atoms with E-state index in [2.05, 4.69) is 53.4 Å². The molecule has 20 heavy (non-hydrogen) atoms. The molecule has 1 atom stereocenters. The second-order valence-corrected chi connectivity index (χ2v) is 5.50. The summed E-state index contributed by atoms with van der Waals surface area (Å²) >= 11 is 0. The summed E-state index contributed by atoms with van der Waals surface area (Å²) in [7, 11) is 0. The molecule has 2 heteroatoms. The average molecular weight is 267 g/mol. The Morgan fingerprint density at radius 2 is 1.75 bits per heavy atom. The number of aliphatic hydroxyl groups excluding tert-OH is 1. The zero-order chi connectivity index (χ0) is 13.8. The predicted octanol–water partition coefficient (Wildman–Crippen LogP) is 2.82. The summed E-state index contributed by atoms with van der Waals surface area (Å²) in [5.74, 6) is 0. The quantitative estimate of drug-likeness (QED) is 0.924. The first-order chi connectivity index (χ1) is 9.83. The molecule has 0 saturated carbocycles. The molecule has 0 amide bonds. The largest absolute Gasteiger partial charge is 0.387 e. The van der Waals surface area contributed by atoms with Crippen LogP contribution >= 0.6 is 0 Å². The van der Waals surface area contributed by atoms with Crippen LogP contribution in [-0.4, -0.2) is 29.6 Å². The van der Waals surface area contributed by atoms with Crippen LogP contribution in [0.4, 0.5) is 0 Å². The van der Waals surface area contributed by atoms with E-state index in [-0.39, 0.29) is 6.10 Å². The molecule has 0 radical (unpaired) electrons. The lowest BCUT2D eigenvalue weighted by molar-refractivity contribution is 0.121. The first-order valence-corrected chi connectivity index (χ1v) is 7.35. The summed E-state index contributed by atoms with van der Waals surface area (Å²) in [6.45, 7) is 2.78. The summed E-state index contributed by atoms with van der Waals surface area (Å²) in [6.07, 6.45) is 1.72. The maximum atomic E-state index is 10.4. The van der Waals surface area contributed by atoms with Gasteiger partial charge in [0.25, 0.3) is 0 Å². The van der Waals surface area contributed by atoms with Gasteiger partial charge in [0.1, 0.15) is 0 Å². The van der Waals surface area contributed by atoms with Crippen molar-refractivity contribution in [1.82, 2.24) is 4.90 Å². The topological polar surface area (TPSA) is 23.5 Å². The van der Waals surface area contributed by atoms with Crippen LogP contribution in [0, 0.1) is 0 Å². The molecule has 0 aromatic heterocycles. The van der Waals surface area contributed by atoms with Crippen LogP contribution in [0.15, 0.2) is 54.6 Å². The highest BCUT2D eigenvalue weighted by Crippen LogP contribution is 2.23. The summed E-state index contributed by atoms with van der Waals surface area (Å²) in [4.78, 5) is 2.37. The molecule has 1 unspecified atom stereocenters. The molecule has 1 N–H and O–H groups in total. The first-order valence-electron chi connectivity index (χ1n) is 7.35. The minimum Gasteiger partial charge on any atom is -0.387 e. The van der Waals surface area contributed by atoms with Gasteiger partial charge in [0.05, 0.1) is 6.10 Å². The molecular formula is C18H21NO. The monoisotopic (exact) mass is 267 g/mol. The number of hydrogen-bond acceptors (Lipinski definition) is 2. The van der Waals surface area contributed by atoms with E-state index in [9.17, 15) is 5.11 Å².